The van der Waals surface area contributed by atoms with E-state index in [0.29, 0.717) is 27.1 Å². The van der Waals surface area contributed by atoms with Gasteiger partial charge in [-0.1, -0.05) is 23.9 Å². The highest BCUT2D eigenvalue weighted by Crippen LogP contribution is 2.28. The zero-order valence-electron chi connectivity index (χ0n) is 14.7. The molecule has 0 aliphatic carbocycles. The number of nitrogens with two attached hydrogens (primary N) is 1. The Bertz CT molecular complexity index is 1010. The molecule has 146 valence electrons. The summed E-state index contributed by atoms with van der Waals surface area (Å²) in [7, 11) is 0.361. The fourth-order valence-electron chi connectivity index (χ4n) is 2.48. The second-order valence-electron chi connectivity index (χ2n) is 5.62. The van der Waals surface area contributed by atoms with Crippen LogP contribution in [-0.2, 0) is 15.8 Å². The van der Waals surface area contributed by atoms with Crippen molar-refractivity contribution < 1.29 is 24.8 Å². The largest absolute Gasteiger partial charge is 0.481 e. The van der Waals surface area contributed by atoms with E-state index >= 15 is 0 Å². The molecule has 0 aliphatic rings. The Balaban J connectivity index is 1.92. The third-order valence-electron chi connectivity index (χ3n) is 3.75. The van der Waals surface area contributed by atoms with Crippen LogP contribution in [-0.4, -0.2) is 48.5 Å². The quantitative estimate of drug-likeness (QED) is 0.209. The predicted molar refractivity (Wildman–Crippen MR) is 104 cm³/mol. The molecular weight excluding hydrogens is 402 g/mol. The van der Waals surface area contributed by atoms with Crippen LogP contribution in [0.25, 0.3) is 22.5 Å². The highest BCUT2D eigenvalue weighted by atomic mass is 32.2. The first kappa shape index (κ1) is 20.2. The molecule has 2 aromatic carbocycles. The molecule has 3 rings (SSSR count). The van der Waals surface area contributed by atoms with Gasteiger partial charge in [-0.15, -0.1) is 5.10 Å². The standard InChI is InChI=1S/C17H17N5O4S2/c1-18-28(26)14-4-2-10(3-5-14)11-6-12(8-13(7-11)22-25)16-19-17(21-20-16)27-9-15(23)24/h2-8,18,22,25H,9H2,1H3,(H,23,24)(H,19,20,21)/p+1. The molecule has 0 fully saturated rings. The average Bonchev–Trinajstić information content (AvgIpc) is 3.20. The van der Waals surface area contributed by atoms with E-state index in [4.69, 9.17) is 5.11 Å². The molecule has 0 bridgehead atoms. The highest BCUT2D eigenvalue weighted by molar-refractivity contribution is 7.99. The molecule has 0 radical (unpaired) electrons. The normalized spacial score (nSPS) is 12.1. The molecule has 1 heterocycles. The third-order valence-corrected chi connectivity index (χ3v) is 5.66. The minimum atomic E-state index is -1.26. The van der Waals surface area contributed by atoms with Crippen LogP contribution in [0.5, 0.6) is 0 Å². The molecule has 1 unspecified atom stereocenters. The van der Waals surface area contributed by atoms with Crippen LogP contribution in [0.3, 0.4) is 0 Å². The van der Waals surface area contributed by atoms with E-state index in [1.54, 1.807) is 25.2 Å². The van der Waals surface area contributed by atoms with Crippen molar-refractivity contribution in [2.75, 3.05) is 12.8 Å². The topological polar surface area (TPSA) is 145 Å². The van der Waals surface area contributed by atoms with Crippen LogP contribution in [0.4, 0.5) is 5.69 Å². The fraction of sp³-hybridized carbons (Fsp3) is 0.118. The number of hydrogen-bond acceptors (Lipinski definition) is 6. The second kappa shape index (κ2) is 9.08. The summed E-state index contributed by atoms with van der Waals surface area (Å²) in [4.78, 5) is 15.6. The maximum atomic E-state index is 11.8. The van der Waals surface area contributed by atoms with Gasteiger partial charge in [0.05, 0.1) is 10.6 Å². The Morgan fingerprint density at radius 2 is 1.93 bits per heavy atom. The van der Waals surface area contributed by atoms with Gasteiger partial charge in [0, 0.05) is 17.7 Å². The summed E-state index contributed by atoms with van der Waals surface area (Å²) in [6.07, 6.45) is 0. The van der Waals surface area contributed by atoms with Crippen molar-refractivity contribution in [3.8, 4) is 22.5 Å². The Labute approximate surface area is 167 Å². The number of aromatic amines is 1. The number of aromatic nitrogens is 3. The number of aliphatic carboxylic acids is 1. The van der Waals surface area contributed by atoms with Gasteiger partial charge in [-0.2, -0.15) is 5.48 Å². The monoisotopic (exact) mass is 420 g/mol. The van der Waals surface area contributed by atoms with Crippen LogP contribution < -0.4 is 10.2 Å². The van der Waals surface area contributed by atoms with Gasteiger partial charge in [0.15, 0.2) is 11.5 Å². The molecule has 1 atom stereocenters. The van der Waals surface area contributed by atoms with Gasteiger partial charge < -0.3 is 5.11 Å². The first-order chi connectivity index (χ1) is 13.5. The van der Waals surface area contributed by atoms with Crippen LogP contribution in [0, 0.1) is 0 Å². The number of benzene rings is 2. The number of carbonyl (C=O) groups is 1. The SMILES string of the molecule is CNS(=O)c1ccc(-c2cc([NH2+]O)cc(-c3nc(SCC(=O)O)n[nH]3)c2)cc1. The average molecular weight is 420 g/mol. The predicted octanol–water partition coefficient (Wildman–Crippen LogP) is 1.14. The Hall–Kier alpha value is -2.57. The maximum absolute atomic E-state index is 11.8. The van der Waals surface area contributed by atoms with Crippen molar-refractivity contribution in [2.45, 2.75) is 10.1 Å². The number of nitrogens with one attached hydrogen (secondary N) is 2. The molecule has 11 heteroatoms. The van der Waals surface area contributed by atoms with Crippen molar-refractivity contribution >= 4 is 34.4 Å². The van der Waals surface area contributed by atoms with E-state index < -0.39 is 17.0 Å². The van der Waals surface area contributed by atoms with E-state index in [0.717, 1.165) is 28.4 Å². The van der Waals surface area contributed by atoms with E-state index in [9.17, 15) is 14.2 Å². The number of thioether (sulfide) groups is 1. The van der Waals surface area contributed by atoms with E-state index in [-0.39, 0.29) is 5.75 Å². The Morgan fingerprint density at radius 1 is 1.21 bits per heavy atom. The Kier molecular flexibility index (Phi) is 6.54. The molecular formula is C17H18N5O4S2+. The molecule has 1 aromatic heterocycles. The molecule has 9 nitrogen and oxygen atoms in total. The van der Waals surface area contributed by atoms with Crippen LogP contribution in [0.15, 0.2) is 52.5 Å². The van der Waals surface area contributed by atoms with Crippen LogP contribution in [0.1, 0.15) is 0 Å². The van der Waals surface area contributed by atoms with Gasteiger partial charge in [-0.3, -0.25) is 9.89 Å². The third kappa shape index (κ3) is 4.82. The van der Waals surface area contributed by atoms with Gasteiger partial charge in [0.1, 0.15) is 11.0 Å². The summed E-state index contributed by atoms with van der Waals surface area (Å²) in [5.41, 5.74) is 3.97. The smallest absolute Gasteiger partial charge is 0.313 e. The number of nitrogens with zero attached hydrogens (tertiary/aromatic N) is 2. The van der Waals surface area contributed by atoms with E-state index in [1.807, 2.05) is 24.3 Å². The fourth-order valence-corrected chi connectivity index (χ4v) is 3.62. The van der Waals surface area contributed by atoms with Crippen molar-refractivity contribution in [3.05, 3.63) is 42.5 Å². The number of carboxylic acid groups (broad SMARTS) is 1. The maximum Gasteiger partial charge on any atom is 0.313 e. The lowest BCUT2D eigenvalue weighted by molar-refractivity contribution is -0.825. The summed E-state index contributed by atoms with van der Waals surface area (Å²) in [6.45, 7) is 0. The molecule has 0 aliphatic heterocycles. The van der Waals surface area contributed by atoms with Crippen molar-refractivity contribution in [2.24, 2.45) is 0 Å². The zero-order chi connectivity index (χ0) is 20.1. The first-order valence-electron chi connectivity index (χ1n) is 8.09. The number of hydrogen-bond donors (Lipinski definition) is 5. The van der Waals surface area contributed by atoms with Gasteiger partial charge in [-0.05, 0) is 36.4 Å². The summed E-state index contributed by atoms with van der Waals surface area (Å²) in [6, 6.07) is 12.7. The van der Waals surface area contributed by atoms with Crippen LogP contribution in [0.2, 0.25) is 0 Å². The second-order valence-corrected chi connectivity index (χ2v) is 7.98. The van der Waals surface area contributed by atoms with Gasteiger partial charge in [0.25, 0.3) is 0 Å². The van der Waals surface area contributed by atoms with Crippen molar-refractivity contribution in [1.29, 1.82) is 0 Å². The molecule has 28 heavy (non-hydrogen) atoms. The van der Waals surface area contributed by atoms with Crippen molar-refractivity contribution in [3.63, 3.8) is 0 Å². The molecule has 3 aromatic rings. The molecule has 6 N–H and O–H groups in total. The van der Waals surface area contributed by atoms with E-state index in [2.05, 4.69) is 19.9 Å². The van der Waals surface area contributed by atoms with Crippen molar-refractivity contribution in [1.82, 2.24) is 19.9 Å². The summed E-state index contributed by atoms with van der Waals surface area (Å²) < 4.78 is 14.5. The minimum absolute atomic E-state index is 0.132. The van der Waals surface area contributed by atoms with Gasteiger partial charge in [0.2, 0.25) is 5.16 Å². The molecule has 0 saturated heterocycles. The lowest BCUT2D eigenvalue weighted by Gasteiger charge is -2.07. The number of H-pyrrole nitrogens is 1. The molecule has 0 spiro atoms. The number of quaternary nitrogens is 1. The first-order valence-corrected chi connectivity index (χ1v) is 10.2. The van der Waals surface area contributed by atoms with Gasteiger partial charge >= 0.3 is 5.97 Å². The lowest BCUT2D eigenvalue weighted by atomic mass is 10.0. The number of carboxylic acids is 1. The van der Waals surface area contributed by atoms with Gasteiger partial charge in [-0.25, -0.2) is 19.1 Å². The number of rotatable bonds is 8. The summed E-state index contributed by atoms with van der Waals surface area (Å²) in [5, 5.41) is 25.4. The molecule has 0 saturated carbocycles. The lowest BCUT2D eigenvalue weighted by Crippen LogP contribution is -2.73. The molecule has 0 amide bonds. The summed E-state index contributed by atoms with van der Waals surface area (Å²) >= 11 is 1.02. The summed E-state index contributed by atoms with van der Waals surface area (Å²) in [5.74, 6) is -0.614. The van der Waals surface area contributed by atoms with Crippen LogP contribution >= 0.6 is 11.8 Å². The zero-order valence-corrected chi connectivity index (χ0v) is 16.4. The highest BCUT2D eigenvalue weighted by Gasteiger charge is 2.13. The van der Waals surface area contributed by atoms with E-state index in [1.165, 1.54) is 0 Å². The minimum Gasteiger partial charge on any atom is -0.481 e. The Morgan fingerprint density at radius 3 is 2.57 bits per heavy atom.